The van der Waals surface area contributed by atoms with E-state index < -0.39 is 23.6 Å². The highest BCUT2D eigenvalue weighted by Crippen LogP contribution is 2.39. The summed E-state index contributed by atoms with van der Waals surface area (Å²) in [6, 6.07) is 9.88. The van der Waals surface area contributed by atoms with Crippen molar-refractivity contribution >= 4 is 34.9 Å². The van der Waals surface area contributed by atoms with E-state index >= 15 is 0 Å². The predicted octanol–water partition coefficient (Wildman–Crippen LogP) is 5.31. The average Bonchev–Trinajstić information content (AvgIpc) is 3.27. The van der Waals surface area contributed by atoms with E-state index in [0.717, 1.165) is 6.07 Å². The maximum atomic E-state index is 14.6. The summed E-state index contributed by atoms with van der Waals surface area (Å²) in [6.07, 6.45) is 3.10. The Morgan fingerprint density at radius 3 is 2.46 bits per heavy atom. The van der Waals surface area contributed by atoms with Gasteiger partial charge in [0.05, 0.1) is 10.7 Å². The summed E-state index contributed by atoms with van der Waals surface area (Å²) >= 11 is 6.59. The number of rotatable bonds is 6. The van der Waals surface area contributed by atoms with Gasteiger partial charge in [0.1, 0.15) is 23.0 Å². The fourth-order valence-corrected chi connectivity index (χ4v) is 3.66. The Balaban J connectivity index is 1.72. The SMILES string of the molecule is CCn1cc(-c2cc(F)cc(NC(=O)Nc3ccc(F)cc3)c2Cl)c(-c2ccnc(C(N)=O)c2)n1. The van der Waals surface area contributed by atoms with Gasteiger partial charge in [0.15, 0.2) is 0 Å². The number of hydrogen-bond acceptors (Lipinski definition) is 4. The highest BCUT2D eigenvalue weighted by Gasteiger charge is 2.20. The second-order valence-corrected chi connectivity index (χ2v) is 7.82. The third-order valence-corrected chi connectivity index (χ3v) is 5.46. The molecule has 2 heterocycles. The second-order valence-electron chi connectivity index (χ2n) is 7.44. The number of amides is 3. The lowest BCUT2D eigenvalue weighted by Gasteiger charge is -2.13. The highest BCUT2D eigenvalue weighted by molar-refractivity contribution is 6.36. The van der Waals surface area contributed by atoms with Crippen molar-refractivity contribution in [1.29, 1.82) is 0 Å². The fourth-order valence-electron chi connectivity index (χ4n) is 3.40. The first-order chi connectivity index (χ1) is 16.7. The van der Waals surface area contributed by atoms with E-state index in [2.05, 4.69) is 20.7 Å². The van der Waals surface area contributed by atoms with Crippen LogP contribution in [0.3, 0.4) is 0 Å². The predicted molar refractivity (Wildman–Crippen MR) is 129 cm³/mol. The summed E-state index contributed by atoms with van der Waals surface area (Å²) in [4.78, 5) is 28.0. The third kappa shape index (κ3) is 5.28. The van der Waals surface area contributed by atoms with Crippen molar-refractivity contribution in [2.75, 3.05) is 10.6 Å². The quantitative estimate of drug-likeness (QED) is 0.335. The van der Waals surface area contributed by atoms with Gasteiger partial charge >= 0.3 is 6.03 Å². The van der Waals surface area contributed by atoms with Gasteiger partial charge in [-0.1, -0.05) is 11.6 Å². The number of nitrogens with zero attached hydrogens (tertiary/aromatic N) is 3. The van der Waals surface area contributed by atoms with E-state index in [1.807, 2.05) is 6.92 Å². The lowest BCUT2D eigenvalue weighted by molar-refractivity contribution is 0.0995. The molecule has 0 fully saturated rings. The summed E-state index contributed by atoms with van der Waals surface area (Å²) in [7, 11) is 0. The number of benzene rings is 2. The van der Waals surface area contributed by atoms with Crippen molar-refractivity contribution in [2.45, 2.75) is 13.5 Å². The molecule has 0 aliphatic heterocycles. The second kappa shape index (κ2) is 9.90. The molecule has 4 N–H and O–H groups in total. The first-order valence-corrected chi connectivity index (χ1v) is 10.8. The highest BCUT2D eigenvalue weighted by atomic mass is 35.5. The molecule has 178 valence electrons. The number of nitrogens with one attached hydrogen (secondary N) is 2. The summed E-state index contributed by atoms with van der Waals surface area (Å²) in [5.41, 5.74) is 7.45. The van der Waals surface area contributed by atoms with Gasteiger partial charge in [-0.2, -0.15) is 5.10 Å². The number of pyridine rings is 1. The minimum Gasteiger partial charge on any atom is -0.364 e. The molecule has 0 unspecified atom stereocenters. The van der Waals surface area contributed by atoms with Crippen molar-refractivity contribution < 1.29 is 18.4 Å². The van der Waals surface area contributed by atoms with Crippen LogP contribution in [-0.2, 0) is 6.54 Å². The fraction of sp³-hybridized carbons (Fsp3) is 0.0833. The maximum Gasteiger partial charge on any atom is 0.323 e. The number of aromatic nitrogens is 3. The number of carbonyl (C=O) groups excluding carboxylic acids is 2. The summed E-state index contributed by atoms with van der Waals surface area (Å²) in [5.74, 6) is -1.80. The number of anilines is 2. The van der Waals surface area contributed by atoms with Crippen LogP contribution in [0.5, 0.6) is 0 Å². The molecule has 0 radical (unpaired) electrons. The molecule has 35 heavy (non-hydrogen) atoms. The van der Waals surface area contributed by atoms with Crippen LogP contribution < -0.4 is 16.4 Å². The van der Waals surface area contributed by atoms with Crippen LogP contribution in [0.2, 0.25) is 5.02 Å². The van der Waals surface area contributed by atoms with Crippen molar-refractivity contribution in [2.24, 2.45) is 5.73 Å². The standard InChI is InChI=1S/C24H19ClF2N6O2/c1-2-33-12-18(22(32-33)13-7-8-29-20(9-13)23(28)34)17-10-15(27)11-19(21(17)25)31-24(35)30-16-5-3-14(26)4-6-16/h3-12H,2H2,1H3,(H2,28,34)(H2,30,31,35). The van der Waals surface area contributed by atoms with E-state index in [1.165, 1.54) is 42.6 Å². The zero-order valence-corrected chi connectivity index (χ0v) is 19.1. The molecular formula is C24H19ClF2N6O2. The van der Waals surface area contributed by atoms with Gasteiger partial charge in [-0.15, -0.1) is 0 Å². The van der Waals surface area contributed by atoms with Crippen molar-refractivity contribution in [3.8, 4) is 22.4 Å². The molecule has 3 amide bonds. The largest absolute Gasteiger partial charge is 0.364 e. The zero-order valence-electron chi connectivity index (χ0n) is 18.3. The van der Waals surface area contributed by atoms with Gasteiger partial charge in [0.25, 0.3) is 5.91 Å². The number of primary amides is 1. The van der Waals surface area contributed by atoms with Gasteiger partial charge in [0.2, 0.25) is 0 Å². The van der Waals surface area contributed by atoms with E-state index in [0.29, 0.717) is 29.1 Å². The van der Waals surface area contributed by atoms with Crippen LogP contribution in [0.15, 0.2) is 60.9 Å². The molecular weight excluding hydrogens is 478 g/mol. The van der Waals surface area contributed by atoms with E-state index in [9.17, 15) is 18.4 Å². The molecule has 4 aromatic rings. The first-order valence-electron chi connectivity index (χ1n) is 10.4. The molecule has 2 aromatic carbocycles. The average molecular weight is 497 g/mol. The summed E-state index contributed by atoms with van der Waals surface area (Å²) < 4.78 is 29.4. The van der Waals surface area contributed by atoms with Crippen molar-refractivity contribution in [3.63, 3.8) is 0 Å². The Morgan fingerprint density at radius 2 is 1.77 bits per heavy atom. The molecule has 0 aliphatic carbocycles. The van der Waals surface area contributed by atoms with Crippen molar-refractivity contribution in [3.05, 3.63) is 83.3 Å². The van der Waals surface area contributed by atoms with Gasteiger partial charge in [-0.25, -0.2) is 13.6 Å². The minimum absolute atomic E-state index is 0.0176. The first kappa shape index (κ1) is 23.8. The van der Waals surface area contributed by atoms with Gasteiger partial charge in [-0.3, -0.25) is 14.5 Å². The minimum atomic E-state index is -0.703. The number of hydrogen-bond donors (Lipinski definition) is 3. The van der Waals surface area contributed by atoms with Crippen molar-refractivity contribution in [1.82, 2.24) is 14.8 Å². The zero-order chi connectivity index (χ0) is 25.1. The number of carbonyl (C=O) groups is 2. The Kier molecular flexibility index (Phi) is 6.74. The topological polar surface area (TPSA) is 115 Å². The lowest BCUT2D eigenvalue weighted by Crippen LogP contribution is -2.19. The van der Waals surface area contributed by atoms with Gasteiger partial charge < -0.3 is 16.4 Å². The molecule has 2 aromatic heterocycles. The number of urea groups is 1. The molecule has 0 bridgehead atoms. The van der Waals surface area contributed by atoms with Gasteiger partial charge in [0, 0.05) is 41.3 Å². The Bertz CT molecular complexity index is 1420. The molecule has 0 saturated carbocycles. The normalized spacial score (nSPS) is 10.7. The van der Waals surface area contributed by atoms with E-state index in [1.54, 1.807) is 16.9 Å². The van der Waals surface area contributed by atoms with Crippen LogP contribution in [0.4, 0.5) is 25.0 Å². The summed E-state index contributed by atoms with van der Waals surface area (Å²) in [5, 5.41) is 9.64. The molecule has 11 heteroatoms. The van der Waals surface area contributed by atoms with Crippen LogP contribution in [0, 0.1) is 11.6 Å². The number of halogens is 3. The van der Waals surface area contributed by atoms with Crippen LogP contribution in [-0.4, -0.2) is 26.7 Å². The van der Waals surface area contributed by atoms with E-state index in [4.69, 9.17) is 17.3 Å². The maximum absolute atomic E-state index is 14.6. The molecule has 0 aliphatic rings. The Labute approximate surface area is 203 Å². The Hall–Kier alpha value is -4.31. The molecule has 0 saturated heterocycles. The smallest absolute Gasteiger partial charge is 0.323 e. The third-order valence-electron chi connectivity index (χ3n) is 5.05. The number of nitrogens with two attached hydrogens (primary N) is 1. The van der Waals surface area contributed by atoms with Crippen LogP contribution in [0.25, 0.3) is 22.4 Å². The molecule has 4 rings (SSSR count). The molecule has 0 atom stereocenters. The number of aryl methyl sites for hydroxylation is 1. The van der Waals surface area contributed by atoms with Crippen LogP contribution in [0.1, 0.15) is 17.4 Å². The Morgan fingerprint density at radius 1 is 1.03 bits per heavy atom. The lowest BCUT2D eigenvalue weighted by atomic mass is 10.0. The van der Waals surface area contributed by atoms with E-state index in [-0.39, 0.29) is 22.0 Å². The monoisotopic (exact) mass is 496 g/mol. The summed E-state index contributed by atoms with van der Waals surface area (Å²) in [6.45, 7) is 2.39. The molecule has 0 spiro atoms. The van der Waals surface area contributed by atoms with Crippen LogP contribution >= 0.6 is 11.6 Å². The van der Waals surface area contributed by atoms with Gasteiger partial charge in [-0.05, 0) is 55.5 Å². The molecule has 8 nitrogen and oxygen atoms in total.